The van der Waals surface area contributed by atoms with Crippen LogP contribution in [0.1, 0.15) is 31.1 Å². The second-order valence-electron chi connectivity index (χ2n) is 5.20. The van der Waals surface area contributed by atoms with E-state index in [9.17, 15) is 10.2 Å². The smallest absolute Gasteiger partial charge is 0.0992 e. The zero-order valence-corrected chi connectivity index (χ0v) is 11.8. The number of hydrogen-bond donors (Lipinski definition) is 2. The number of hydrogen-bond acceptors (Lipinski definition) is 5. The SMILES string of the molecule is CC1COC(CO)CN1c1cc(C#N)ccc1[C@H](C)O. The van der Waals surface area contributed by atoms with Crippen molar-refractivity contribution in [2.45, 2.75) is 32.1 Å². The van der Waals surface area contributed by atoms with Gasteiger partial charge in [0.05, 0.1) is 37.1 Å². The minimum absolute atomic E-state index is 0.0365. The molecule has 0 saturated carbocycles. The Balaban J connectivity index is 2.40. The Morgan fingerprint density at radius 2 is 2.30 bits per heavy atom. The van der Waals surface area contributed by atoms with Crippen LogP contribution in [0.15, 0.2) is 18.2 Å². The molecule has 1 fully saturated rings. The molecule has 0 amide bonds. The Kier molecular flexibility index (Phi) is 4.61. The molecule has 5 nitrogen and oxygen atoms in total. The van der Waals surface area contributed by atoms with E-state index in [2.05, 4.69) is 11.0 Å². The van der Waals surface area contributed by atoms with Crippen LogP contribution in [0.4, 0.5) is 5.69 Å². The standard InChI is InChI=1S/C15H20N2O3/c1-10-9-20-13(8-18)7-17(10)15-5-12(6-16)3-4-14(15)11(2)19/h3-5,10-11,13,18-19H,7-9H2,1-2H3/t10?,11-,13?/m0/s1. The molecule has 0 bridgehead atoms. The number of rotatable bonds is 3. The molecule has 1 aliphatic heterocycles. The molecular formula is C15H20N2O3. The number of nitrogens with zero attached hydrogens (tertiary/aromatic N) is 2. The van der Waals surface area contributed by atoms with Gasteiger partial charge in [-0.2, -0.15) is 5.26 Å². The highest BCUT2D eigenvalue weighted by Crippen LogP contribution is 2.31. The van der Waals surface area contributed by atoms with Gasteiger partial charge in [-0.3, -0.25) is 0 Å². The molecule has 0 radical (unpaired) electrons. The van der Waals surface area contributed by atoms with Crippen molar-refractivity contribution in [3.63, 3.8) is 0 Å². The zero-order valence-electron chi connectivity index (χ0n) is 11.8. The Morgan fingerprint density at radius 1 is 1.55 bits per heavy atom. The molecule has 1 aromatic rings. The number of ether oxygens (including phenoxy) is 1. The van der Waals surface area contributed by atoms with E-state index < -0.39 is 6.10 Å². The highest BCUT2D eigenvalue weighted by molar-refractivity contribution is 5.59. The predicted octanol–water partition coefficient (Wildman–Crippen LogP) is 1.20. The second kappa shape index (κ2) is 6.23. The van der Waals surface area contributed by atoms with Crippen molar-refractivity contribution < 1.29 is 14.9 Å². The minimum atomic E-state index is -0.611. The zero-order chi connectivity index (χ0) is 14.7. The van der Waals surface area contributed by atoms with Crippen molar-refractivity contribution >= 4 is 5.69 Å². The maximum atomic E-state index is 9.92. The summed E-state index contributed by atoms with van der Waals surface area (Å²) < 4.78 is 5.53. The van der Waals surface area contributed by atoms with Crippen LogP contribution in [0, 0.1) is 11.3 Å². The summed E-state index contributed by atoms with van der Waals surface area (Å²) in [5.41, 5.74) is 2.19. The highest BCUT2D eigenvalue weighted by atomic mass is 16.5. The van der Waals surface area contributed by atoms with Crippen molar-refractivity contribution in [2.24, 2.45) is 0 Å². The molecular weight excluding hydrogens is 256 g/mol. The predicted molar refractivity (Wildman–Crippen MR) is 75.4 cm³/mol. The molecule has 1 saturated heterocycles. The molecule has 2 rings (SSSR count). The number of nitriles is 1. The quantitative estimate of drug-likeness (QED) is 0.867. The summed E-state index contributed by atoms with van der Waals surface area (Å²) in [5, 5.41) is 28.2. The monoisotopic (exact) mass is 276 g/mol. The second-order valence-corrected chi connectivity index (χ2v) is 5.20. The first-order valence-corrected chi connectivity index (χ1v) is 6.78. The molecule has 2 unspecified atom stereocenters. The third-order valence-corrected chi connectivity index (χ3v) is 3.63. The molecule has 108 valence electrons. The highest BCUT2D eigenvalue weighted by Gasteiger charge is 2.28. The molecule has 20 heavy (non-hydrogen) atoms. The van der Waals surface area contributed by atoms with Gasteiger partial charge in [0.25, 0.3) is 0 Å². The summed E-state index contributed by atoms with van der Waals surface area (Å²) in [5.74, 6) is 0. The topological polar surface area (TPSA) is 76.7 Å². The summed E-state index contributed by atoms with van der Waals surface area (Å²) in [7, 11) is 0. The van der Waals surface area contributed by atoms with Crippen LogP contribution in [0.2, 0.25) is 0 Å². The molecule has 0 aliphatic carbocycles. The third kappa shape index (κ3) is 2.93. The van der Waals surface area contributed by atoms with E-state index in [1.54, 1.807) is 25.1 Å². The van der Waals surface area contributed by atoms with E-state index in [1.165, 1.54) is 0 Å². The first-order valence-electron chi connectivity index (χ1n) is 6.78. The van der Waals surface area contributed by atoms with Crippen molar-refractivity contribution in [1.29, 1.82) is 5.26 Å². The Labute approximate surface area is 119 Å². The van der Waals surface area contributed by atoms with Crippen molar-refractivity contribution in [2.75, 3.05) is 24.7 Å². The van der Waals surface area contributed by atoms with Crippen molar-refractivity contribution in [1.82, 2.24) is 0 Å². The largest absolute Gasteiger partial charge is 0.394 e. The molecule has 1 aliphatic rings. The summed E-state index contributed by atoms with van der Waals surface area (Å²) in [6.07, 6.45) is -0.848. The van der Waals surface area contributed by atoms with Gasteiger partial charge in [-0.25, -0.2) is 0 Å². The van der Waals surface area contributed by atoms with Crippen LogP contribution in [0.3, 0.4) is 0 Å². The fraction of sp³-hybridized carbons (Fsp3) is 0.533. The number of anilines is 1. The van der Waals surface area contributed by atoms with Gasteiger partial charge >= 0.3 is 0 Å². The average Bonchev–Trinajstić information content (AvgIpc) is 2.47. The summed E-state index contributed by atoms with van der Waals surface area (Å²) in [6, 6.07) is 7.54. The number of morpholine rings is 1. The van der Waals surface area contributed by atoms with Crippen LogP contribution >= 0.6 is 0 Å². The van der Waals surface area contributed by atoms with Crippen molar-refractivity contribution in [3.8, 4) is 6.07 Å². The van der Waals surface area contributed by atoms with E-state index >= 15 is 0 Å². The van der Waals surface area contributed by atoms with Crippen LogP contribution in [-0.2, 0) is 4.74 Å². The lowest BCUT2D eigenvalue weighted by Gasteiger charge is -2.40. The minimum Gasteiger partial charge on any atom is -0.394 e. The van der Waals surface area contributed by atoms with E-state index in [0.717, 1.165) is 11.3 Å². The Morgan fingerprint density at radius 3 is 2.90 bits per heavy atom. The average molecular weight is 276 g/mol. The molecule has 1 aromatic carbocycles. The lowest BCUT2D eigenvalue weighted by molar-refractivity contribution is -0.0104. The molecule has 0 aromatic heterocycles. The molecule has 0 spiro atoms. The maximum Gasteiger partial charge on any atom is 0.0992 e. The third-order valence-electron chi connectivity index (χ3n) is 3.63. The van der Waals surface area contributed by atoms with E-state index in [4.69, 9.17) is 10.00 Å². The van der Waals surface area contributed by atoms with Gasteiger partial charge in [0.15, 0.2) is 0 Å². The summed E-state index contributed by atoms with van der Waals surface area (Å²) >= 11 is 0. The number of aliphatic hydroxyl groups is 2. The normalized spacial score (nSPS) is 24.2. The van der Waals surface area contributed by atoms with Crippen LogP contribution in [0.5, 0.6) is 0 Å². The van der Waals surface area contributed by atoms with Gasteiger partial charge < -0.3 is 19.8 Å². The van der Waals surface area contributed by atoms with Gasteiger partial charge in [0.1, 0.15) is 0 Å². The van der Waals surface area contributed by atoms with Gasteiger partial charge in [-0.05, 0) is 26.0 Å². The molecule has 3 atom stereocenters. The lowest BCUT2D eigenvalue weighted by atomic mass is 10.0. The van der Waals surface area contributed by atoms with Crippen molar-refractivity contribution in [3.05, 3.63) is 29.3 Å². The first kappa shape index (κ1) is 14.8. The summed E-state index contributed by atoms with van der Waals surface area (Å²) in [6.45, 7) is 4.76. The molecule has 1 heterocycles. The van der Waals surface area contributed by atoms with Gasteiger partial charge in [0, 0.05) is 23.8 Å². The van der Waals surface area contributed by atoms with Crippen LogP contribution in [-0.4, -0.2) is 42.1 Å². The first-order chi connectivity index (χ1) is 9.56. The summed E-state index contributed by atoms with van der Waals surface area (Å²) in [4.78, 5) is 2.09. The fourth-order valence-electron chi connectivity index (χ4n) is 2.48. The van der Waals surface area contributed by atoms with Crippen LogP contribution in [0.25, 0.3) is 0 Å². The number of benzene rings is 1. The Bertz CT molecular complexity index is 510. The van der Waals surface area contributed by atoms with Gasteiger partial charge in [-0.15, -0.1) is 0 Å². The molecule has 2 N–H and O–H groups in total. The van der Waals surface area contributed by atoms with E-state index in [1.807, 2.05) is 6.92 Å². The van der Waals surface area contributed by atoms with E-state index in [0.29, 0.717) is 18.7 Å². The maximum absolute atomic E-state index is 9.92. The van der Waals surface area contributed by atoms with Gasteiger partial charge in [-0.1, -0.05) is 6.07 Å². The molecule has 5 heteroatoms. The number of aliphatic hydroxyl groups excluding tert-OH is 2. The van der Waals surface area contributed by atoms with Gasteiger partial charge in [0.2, 0.25) is 0 Å². The lowest BCUT2D eigenvalue weighted by Crippen LogP contribution is -2.50. The Hall–Kier alpha value is -1.61. The van der Waals surface area contributed by atoms with E-state index in [-0.39, 0.29) is 18.8 Å². The fourth-order valence-corrected chi connectivity index (χ4v) is 2.48. The van der Waals surface area contributed by atoms with Crippen LogP contribution < -0.4 is 4.90 Å².